The van der Waals surface area contributed by atoms with Gasteiger partial charge in [0, 0.05) is 18.9 Å². The van der Waals surface area contributed by atoms with Crippen LogP contribution in [0.1, 0.15) is 35.3 Å². The van der Waals surface area contributed by atoms with Crippen molar-refractivity contribution in [3.05, 3.63) is 113 Å². The highest BCUT2D eigenvalue weighted by molar-refractivity contribution is 6.46. The van der Waals surface area contributed by atoms with Crippen molar-refractivity contribution in [2.24, 2.45) is 0 Å². The molecule has 8 nitrogen and oxygen atoms in total. The van der Waals surface area contributed by atoms with Crippen molar-refractivity contribution >= 4 is 17.4 Å². The number of hydrogen-bond donors (Lipinski definition) is 1. The second kappa shape index (κ2) is 10.1. The van der Waals surface area contributed by atoms with Gasteiger partial charge in [0.15, 0.2) is 0 Å². The molecule has 0 saturated carbocycles. The molecular weight excluding hydrogens is 468 g/mol. The Bertz CT molecular complexity index is 1460. The van der Waals surface area contributed by atoms with Gasteiger partial charge >= 0.3 is 0 Å². The van der Waals surface area contributed by atoms with E-state index in [1.807, 2.05) is 62.4 Å². The van der Waals surface area contributed by atoms with E-state index in [1.54, 1.807) is 35.3 Å². The molecule has 1 aliphatic rings. The minimum Gasteiger partial charge on any atom is -0.507 e. The molecule has 1 fully saturated rings. The van der Waals surface area contributed by atoms with Gasteiger partial charge in [0.1, 0.15) is 11.5 Å². The quantitative estimate of drug-likeness (QED) is 0.229. The molecule has 5 rings (SSSR count). The number of carbonyl (C=O) groups excluding carboxylic acids is 2. The van der Waals surface area contributed by atoms with Crippen LogP contribution in [0.3, 0.4) is 0 Å². The average molecular weight is 495 g/mol. The molecule has 0 aliphatic carbocycles. The van der Waals surface area contributed by atoms with Crippen LogP contribution in [0.25, 0.3) is 11.4 Å². The van der Waals surface area contributed by atoms with E-state index in [9.17, 15) is 14.7 Å². The highest BCUT2D eigenvalue weighted by Gasteiger charge is 2.46. The number of ketones is 1. The van der Waals surface area contributed by atoms with Crippen molar-refractivity contribution in [2.45, 2.75) is 26.4 Å². The van der Waals surface area contributed by atoms with Crippen LogP contribution in [-0.2, 0) is 16.1 Å². The van der Waals surface area contributed by atoms with Crippen LogP contribution in [0.2, 0.25) is 0 Å². The van der Waals surface area contributed by atoms with Crippen molar-refractivity contribution < 1.29 is 19.4 Å². The highest BCUT2D eigenvalue weighted by Crippen LogP contribution is 2.41. The summed E-state index contributed by atoms with van der Waals surface area (Å²) in [6.45, 7) is 4.39. The molecule has 1 N–H and O–H groups in total. The molecule has 186 valence electrons. The predicted molar refractivity (Wildman–Crippen MR) is 138 cm³/mol. The van der Waals surface area contributed by atoms with E-state index < -0.39 is 17.7 Å². The summed E-state index contributed by atoms with van der Waals surface area (Å²) in [6, 6.07) is 19.5. The fourth-order valence-corrected chi connectivity index (χ4v) is 4.61. The number of aliphatic hydroxyl groups is 1. The molecule has 3 heterocycles. The van der Waals surface area contributed by atoms with Gasteiger partial charge in [0.05, 0.1) is 41.4 Å². The number of pyridine rings is 1. The van der Waals surface area contributed by atoms with Crippen LogP contribution in [0.5, 0.6) is 5.75 Å². The van der Waals surface area contributed by atoms with E-state index in [-0.39, 0.29) is 17.9 Å². The van der Waals surface area contributed by atoms with E-state index in [0.717, 1.165) is 11.3 Å². The molecule has 4 aromatic rings. The summed E-state index contributed by atoms with van der Waals surface area (Å²) in [5.74, 6) is -1.01. The molecule has 1 saturated heterocycles. The fraction of sp³-hybridized carbons (Fsp3) is 0.172. The third kappa shape index (κ3) is 4.49. The zero-order valence-corrected chi connectivity index (χ0v) is 20.5. The maximum atomic E-state index is 13.4. The molecular formula is C29H26N4O4. The first-order valence-corrected chi connectivity index (χ1v) is 12.0. The summed E-state index contributed by atoms with van der Waals surface area (Å²) in [4.78, 5) is 32.3. The number of rotatable bonds is 7. The summed E-state index contributed by atoms with van der Waals surface area (Å²) in [5.41, 5.74) is 3.33. The Morgan fingerprint density at radius 2 is 1.76 bits per heavy atom. The van der Waals surface area contributed by atoms with E-state index in [4.69, 9.17) is 4.74 Å². The second-order valence-corrected chi connectivity index (χ2v) is 8.68. The molecule has 1 aliphatic heterocycles. The first-order chi connectivity index (χ1) is 18.0. The number of amides is 1. The predicted octanol–water partition coefficient (Wildman–Crippen LogP) is 4.60. The van der Waals surface area contributed by atoms with Gasteiger partial charge in [-0.2, -0.15) is 5.10 Å². The van der Waals surface area contributed by atoms with Crippen molar-refractivity contribution in [1.82, 2.24) is 19.7 Å². The molecule has 1 amide bonds. The molecule has 8 heteroatoms. The van der Waals surface area contributed by atoms with Gasteiger partial charge in [-0.15, -0.1) is 0 Å². The van der Waals surface area contributed by atoms with Gasteiger partial charge in [-0.25, -0.2) is 4.68 Å². The van der Waals surface area contributed by atoms with E-state index in [0.29, 0.717) is 29.2 Å². The van der Waals surface area contributed by atoms with Crippen molar-refractivity contribution in [3.8, 4) is 11.4 Å². The minimum atomic E-state index is -0.796. The molecule has 0 radical (unpaired) electrons. The second-order valence-electron chi connectivity index (χ2n) is 8.68. The van der Waals surface area contributed by atoms with Crippen LogP contribution in [0.4, 0.5) is 0 Å². The van der Waals surface area contributed by atoms with Gasteiger partial charge in [0.2, 0.25) is 0 Å². The minimum absolute atomic E-state index is 0.0220. The summed E-state index contributed by atoms with van der Waals surface area (Å²) in [7, 11) is 0. The van der Waals surface area contributed by atoms with Crippen LogP contribution < -0.4 is 4.74 Å². The molecule has 0 spiro atoms. The molecule has 0 bridgehead atoms. The molecule has 37 heavy (non-hydrogen) atoms. The Morgan fingerprint density at radius 3 is 2.43 bits per heavy atom. The number of aliphatic hydroxyl groups excluding tert-OH is 1. The van der Waals surface area contributed by atoms with Gasteiger partial charge in [-0.1, -0.05) is 36.4 Å². The average Bonchev–Trinajstić information content (AvgIpc) is 3.43. The Kier molecular flexibility index (Phi) is 6.55. The van der Waals surface area contributed by atoms with Crippen LogP contribution >= 0.6 is 0 Å². The molecule has 1 atom stereocenters. The molecule has 1 unspecified atom stereocenters. The Hall–Kier alpha value is -4.72. The van der Waals surface area contributed by atoms with Crippen LogP contribution in [-0.4, -0.2) is 43.1 Å². The Labute approximate surface area is 214 Å². The monoisotopic (exact) mass is 494 g/mol. The lowest BCUT2D eigenvalue weighted by Crippen LogP contribution is -2.29. The van der Waals surface area contributed by atoms with Gasteiger partial charge in [-0.3, -0.25) is 14.6 Å². The van der Waals surface area contributed by atoms with Gasteiger partial charge in [-0.05, 0) is 55.3 Å². The van der Waals surface area contributed by atoms with Crippen molar-refractivity contribution in [2.75, 3.05) is 6.61 Å². The third-order valence-electron chi connectivity index (χ3n) is 6.39. The number of aromatic nitrogens is 3. The largest absolute Gasteiger partial charge is 0.507 e. The lowest BCUT2D eigenvalue weighted by atomic mass is 9.95. The number of likely N-dealkylation sites (tertiary alicyclic amines) is 1. The molecule has 2 aromatic carbocycles. The number of benzene rings is 2. The third-order valence-corrected chi connectivity index (χ3v) is 6.39. The number of hydrogen-bond acceptors (Lipinski definition) is 6. The normalized spacial score (nSPS) is 16.8. The summed E-state index contributed by atoms with van der Waals surface area (Å²) >= 11 is 0. The van der Waals surface area contributed by atoms with Crippen LogP contribution in [0.15, 0.2) is 90.9 Å². The fourth-order valence-electron chi connectivity index (χ4n) is 4.61. The highest BCUT2D eigenvalue weighted by atomic mass is 16.5. The van der Waals surface area contributed by atoms with E-state index in [1.165, 1.54) is 11.1 Å². The number of nitrogens with zero attached hydrogens (tertiary/aromatic N) is 4. The lowest BCUT2D eigenvalue weighted by molar-refractivity contribution is -0.140. The smallest absolute Gasteiger partial charge is 0.295 e. The van der Waals surface area contributed by atoms with Crippen molar-refractivity contribution in [1.29, 1.82) is 0 Å². The first kappa shape index (κ1) is 24.0. The number of carbonyl (C=O) groups is 2. The number of ether oxygens (including phenoxy) is 1. The SMILES string of the molecule is CCOc1ccc(C2/C(=C(\O)c3cnn(-c4ccccc4)c3C)C(=O)C(=O)N2Cc2cccnc2)cc1. The topological polar surface area (TPSA) is 97.5 Å². The number of Topliss-reactive ketones (excluding diaryl/α,β-unsaturated/α-hetero) is 1. The van der Waals surface area contributed by atoms with Gasteiger partial charge < -0.3 is 14.7 Å². The standard InChI is InChI=1S/C29H26N4O4/c1-3-37-23-13-11-21(12-14-23)26-25(28(35)29(36)32(26)18-20-8-7-15-30-16-20)27(34)24-17-31-33(19(24)2)22-9-5-4-6-10-22/h4-17,26,34H,3,18H2,1-2H3/b27-25+. The van der Waals surface area contributed by atoms with Crippen LogP contribution in [0, 0.1) is 6.92 Å². The summed E-state index contributed by atoms with van der Waals surface area (Å²) < 4.78 is 7.25. The number of para-hydroxylation sites is 1. The zero-order chi connectivity index (χ0) is 25.9. The maximum absolute atomic E-state index is 13.4. The summed E-state index contributed by atoms with van der Waals surface area (Å²) in [5, 5.41) is 15.9. The molecule has 2 aromatic heterocycles. The van der Waals surface area contributed by atoms with Crippen molar-refractivity contribution in [3.63, 3.8) is 0 Å². The Balaban J connectivity index is 1.63. The summed E-state index contributed by atoms with van der Waals surface area (Å²) in [6.07, 6.45) is 4.82. The van der Waals surface area contributed by atoms with E-state index >= 15 is 0 Å². The Morgan fingerprint density at radius 1 is 1.00 bits per heavy atom. The lowest BCUT2D eigenvalue weighted by Gasteiger charge is -2.25. The van der Waals surface area contributed by atoms with Gasteiger partial charge in [0.25, 0.3) is 11.7 Å². The first-order valence-electron chi connectivity index (χ1n) is 12.0. The van der Waals surface area contributed by atoms with E-state index in [2.05, 4.69) is 10.1 Å². The maximum Gasteiger partial charge on any atom is 0.295 e. The zero-order valence-electron chi connectivity index (χ0n) is 20.5.